The van der Waals surface area contributed by atoms with Crippen molar-refractivity contribution in [1.82, 2.24) is 9.80 Å². The minimum atomic E-state index is -0.875. The molecule has 7 nitrogen and oxygen atoms in total. The van der Waals surface area contributed by atoms with E-state index in [1.807, 2.05) is 78.2 Å². The SMILES string of the molecule is CN(Cc1ccccc1)C(=O)C1C(c2cccc(NC(=O)c3cccs3)c2)OC(=O)N1Cc1ccccc1. The molecular formula is C30H27N3O4S. The van der Waals surface area contributed by atoms with E-state index in [9.17, 15) is 14.4 Å². The van der Waals surface area contributed by atoms with Crippen LogP contribution in [0.15, 0.2) is 102 Å². The Morgan fingerprint density at radius 1 is 0.921 bits per heavy atom. The zero-order valence-corrected chi connectivity index (χ0v) is 21.6. The summed E-state index contributed by atoms with van der Waals surface area (Å²) in [4.78, 5) is 43.3. The molecule has 8 heteroatoms. The van der Waals surface area contributed by atoms with Gasteiger partial charge in [-0.1, -0.05) is 78.9 Å². The second-order valence-corrected chi connectivity index (χ2v) is 10.0. The standard InChI is InChI=1S/C30H27N3O4S/c1-32(19-21-10-4-2-5-11-21)29(35)26-27(37-30(36)33(26)20-22-12-6-3-7-13-22)23-14-8-15-24(18-23)31-28(34)25-16-9-17-38-25/h2-18,26-27H,19-20H2,1H3,(H,31,34). The summed E-state index contributed by atoms with van der Waals surface area (Å²) in [5.74, 6) is -0.449. The summed E-state index contributed by atoms with van der Waals surface area (Å²) in [5.41, 5.74) is 3.07. The maximum Gasteiger partial charge on any atom is 0.411 e. The van der Waals surface area contributed by atoms with Gasteiger partial charge in [0.15, 0.2) is 12.1 Å². The summed E-state index contributed by atoms with van der Waals surface area (Å²) in [7, 11) is 1.73. The van der Waals surface area contributed by atoms with Crippen molar-refractivity contribution in [2.45, 2.75) is 25.2 Å². The third kappa shape index (κ3) is 5.60. The highest BCUT2D eigenvalue weighted by atomic mass is 32.1. The fourth-order valence-corrected chi connectivity index (χ4v) is 5.15. The van der Waals surface area contributed by atoms with Gasteiger partial charge in [-0.3, -0.25) is 14.5 Å². The maximum atomic E-state index is 13.9. The van der Waals surface area contributed by atoms with Crippen molar-refractivity contribution in [3.63, 3.8) is 0 Å². The van der Waals surface area contributed by atoms with Crippen molar-refractivity contribution in [2.24, 2.45) is 0 Å². The average Bonchev–Trinajstić information content (AvgIpc) is 3.59. The van der Waals surface area contributed by atoms with Crippen LogP contribution in [-0.2, 0) is 22.6 Å². The number of amides is 3. The lowest BCUT2D eigenvalue weighted by Crippen LogP contribution is -2.46. The lowest BCUT2D eigenvalue weighted by atomic mass is 9.99. The molecule has 0 aliphatic carbocycles. The zero-order chi connectivity index (χ0) is 26.5. The Bertz CT molecular complexity index is 1410. The number of carbonyl (C=O) groups is 3. The van der Waals surface area contributed by atoms with E-state index in [2.05, 4.69) is 5.32 Å². The van der Waals surface area contributed by atoms with E-state index < -0.39 is 18.2 Å². The van der Waals surface area contributed by atoms with Gasteiger partial charge in [0.05, 0.1) is 11.4 Å². The van der Waals surface area contributed by atoms with Gasteiger partial charge in [0.1, 0.15) is 0 Å². The predicted octanol–water partition coefficient (Wildman–Crippen LogP) is 5.72. The van der Waals surface area contributed by atoms with Crippen molar-refractivity contribution in [3.05, 3.63) is 124 Å². The number of carbonyl (C=O) groups excluding carboxylic acids is 3. The van der Waals surface area contributed by atoms with Crippen LogP contribution in [0.4, 0.5) is 10.5 Å². The van der Waals surface area contributed by atoms with Gasteiger partial charge < -0.3 is 15.0 Å². The number of nitrogens with one attached hydrogen (secondary N) is 1. The normalized spacial score (nSPS) is 16.7. The molecule has 0 saturated carbocycles. The maximum absolute atomic E-state index is 13.9. The summed E-state index contributed by atoms with van der Waals surface area (Å²) < 4.78 is 5.83. The van der Waals surface area contributed by atoms with Crippen LogP contribution in [0, 0.1) is 0 Å². The zero-order valence-electron chi connectivity index (χ0n) is 20.8. The van der Waals surface area contributed by atoms with Gasteiger partial charge in [-0.05, 0) is 40.3 Å². The van der Waals surface area contributed by atoms with Crippen molar-refractivity contribution in [2.75, 3.05) is 12.4 Å². The molecular weight excluding hydrogens is 498 g/mol. The first-order chi connectivity index (χ1) is 18.5. The molecule has 1 aliphatic heterocycles. The van der Waals surface area contributed by atoms with Gasteiger partial charge in [0.25, 0.3) is 5.91 Å². The van der Waals surface area contributed by atoms with E-state index >= 15 is 0 Å². The van der Waals surface area contributed by atoms with Gasteiger partial charge >= 0.3 is 6.09 Å². The first kappa shape index (κ1) is 25.2. The summed E-state index contributed by atoms with van der Waals surface area (Å²) in [5, 5.41) is 4.73. The largest absolute Gasteiger partial charge is 0.438 e. The molecule has 4 aromatic rings. The minimum Gasteiger partial charge on any atom is -0.438 e. The average molecular weight is 526 g/mol. The van der Waals surface area contributed by atoms with Crippen LogP contribution >= 0.6 is 11.3 Å². The van der Waals surface area contributed by atoms with E-state index in [0.717, 1.165) is 11.1 Å². The third-order valence-corrected chi connectivity index (χ3v) is 7.26. The summed E-state index contributed by atoms with van der Waals surface area (Å²) in [6, 6.07) is 29.0. The number of rotatable bonds is 8. The van der Waals surface area contributed by atoms with Gasteiger partial charge in [0.2, 0.25) is 5.91 Å². The van der Waals surface area contributed by atoms with E-state index in [-0.39, 0.29) is 18.4 Å². The molecule has 0 spiro atoms. The molecule has 0 radical (unpaired) electrons. The van der Waals surface area contributed by atoms with E-state index in [0.29, 0.717) is 22.7 Å². The molecule has 1 N–H and O–H groups in total. The molecule has 0 bridgehead atoms. The Morgan fingerprint density at radius 2 is 1.63 bits per heavy atom. The second kappa shape index (κ2) is 11.3. The van der Waals surface area contributed by atoms with E-state index in [1.165, 1.54) is 16.2 Å². The minimum absolute atomic E-state index is 0.221. The lowest BCUT2D eigenvalue weighted by molar-refractivity contribution is -0.136. The molecule has 38 heavy (non-hydrogen) atoms. The fraction of sp³-hybridized carbons (Fsp3) is 0.167. The summed E-state index contributed by atoms with van der Waals surface area (Å²) >= 11 is 1.35. The van der Waals surface area contributed by atoms with Crippen LogP contribution in [0.1, 0.15) is 32.5 Å². The molecule has 1 saturated heterocycles. The number of likely N-dealkylation sites (N-methyl/N-ethyl adjacent to an activating group) is 1. The molecule has 5 rings (SSSR count). The Morgan fingerprint density at radius 3 is 2.32 bits per heavy atom. The van der Waals surface area contributed by atoms with Gasteiger partial charge in [-0.15, -0.1) is 11.3 Å². The highest BCUT2D eigenvalue weighted by molar-refractivity contribution is 7.12. The predicted molar refractivity (Wildman–Crippen MR) is 147 cm³/mol. The van der Waals surface area contributed by atoms with E-state index in [1.54, 1.807) is 36.2 Å². The Hall–Kier alpha value is -4.43. The van der Waals surface area contributed by atoms with Crippen LogP contribution in [0.3, 0.4) is 0 Å². The van der Waals surface area contributed by atoms with Gasteiger partial charge in [-0.2, -0.15) is 0 Å². The molecule has 2 unspecified atom stereocenters. The fourth-order valence-electron chi connectivity index (χ4n) is 4.53. The Balaban J connectivity index is 1.44. The smallest absolute Gasteiger partial charge is 0.411 e. The number of nitrogens with zero attached hydrogens (tertiary/aromatic N) is 2. The van der Waals surface area contributed by atoms with E-state index in [4.69, 9.17) is 4.74 Å². The highest BCUT2D eigenvalue weighted by Crippen LogP contribution is 2.36. The van der Waals surface area contributed by atoms with Crippen LogP contribution in [0.25, 0.3) is 0 Å². The molecule has 3 amide bonds. The van der Waals surface area contributed by atoms with Gasteiger partial charge in [0, 0.05) is 19.3 Å². The first-order valence-corrected chi connectivity index (χ1v) is 13.1. The first-order valence-electron chi connectivity index (χ1n) is 12.2. The number of hydrogen-bond donors (Lipinski definition) is 1. The molecule has 1 fully saturated rings. The molecule has 3 aromatic carbocycles. The molecule has 192 valence electrons. The quantitative estimate of drug-likeness (QED) is 0.319. The number of cyclic esters (lactones) is 1. The van der Waals surface area contributed by atoms with Crippen molar-refractivity contribution in [1.29, 1.82) is 0 Å². The number of benzene rings is 3. The molecule has 1 aliphatic rings. The third-order valence-electron chi connectivity index (χ3n) is 6.39. The summed E-state index contributed by atoms with van der Waals surface area (Å²) in [6.07, 6.45) is -1.39. The Kier molecular flexibility index (Phi) is 7.51. The number of thiophene rings is 1. The number of anilines is 1. The van der Waals surface area contributed by atoms with Crippen LogP contribution in [0.5, 0.6) is 0 Å². The van der Waals surface area contributed by atoms with Crippen LogP contribution in [-0.4, -0.2) is 40.8 Å². The van der Waals surface area contributed by atoms with Crippen LogP contribution in [0.2, 0.25) is 0 Å². The number of ether oxygens (including phenoxy) is 1. The Labute approximate surface area is 225 Å². The van der Waals surface area contributed by atoms with Crippen molar-refractivity contribution >= 4 is 34.9 Å². The summed E-state index contributed by atoms with van der Waals surface area (Å²) in [6.45, 7) is 0.633. The van der Waals surface area contributed by atoms with Crippen molar-refractivity contribution in [3.8, 4) is 0 Å². The molecule has 2 heterocycles. The molecule has 2 atom stereocenters. The van der Waals surface area contributed by atoms with Crippen LogP contribution < -0.4 is 5.32 Å². The lowest BCUT2D eigenvalue weighted by Gasteiger charge is -2.28. The van der Waals surface area contributed by atoms with Crippen molar-refractivity contribution < 1.29 is 19.1 Å². The monoisotopic (exact) mass is 525 g/mol. The second-order valence-electron chi connectivity index (χ2n) is 9.10. The number of hydrogen-bond acceptors (Lipinski definition) is 5. The topological polar surface area (TPSA) is 79.0 Å². The molecule has 1 aromatic heterocycles. The van der Waals surface area contributed by atoms with Gasteiger partial charge in [-0.25, -0.2) is 4.79 Å². The highest BCUT2D eigenvalue weighted by Gasteiger charge is 2.48.